The van der Waals surface area contributed by atoms with Gasteiger partial charge in [0.25, 0.3) is 11.1 Å². The standard InChI is InChI=1S/C20H22INO8S/c1-5-11(2)30-16(23)9-22-19(25)15(31-20(22)26)8-12-6-13(21)18(14(7-12)27-3)29-10-17(24)28-4/h6-8,11H,5,9-10H2,1-4H3/b15-8-/t11-/m0/s1. The molecular formula is C20H22INO8S. The van der Waals surface area contributed by atoms with Gasteiger partial charge in [-0.1, -0.05) is 6.92 Å². The monoisotopic (exact) mass is 563 g/mol. The van der Waals surface area contributed by atoms with Crippen LogP contribution in [0, 0.1) is 3.57 Å². The van der Waals surface area contributed by atoms with E-state index >= 15 is 0 Å². The van der Waals surface area contributed by atoms with Gasteiger partial charge < -0.3 is 18.9 Å². The summed E-state index contributed by atoms with van der Waals surface area (Å²) in [6, 6.07) is 3.32. The van der Waals surface area contributed by atoms with E-state index in [1.807, 2.05) is 29.5 Å². The van der Waals surface area contributed by atoms with Crippen LogP contribution in [-0.4, -0.2) is 61.5 Å². The number of halogens is 1. The smallest absolute Gasteiger partial charge is 0.343 e. The van der Waals surface area contributed by atoms with E-state index < -0.39 is 29.6 Å². The topological polar surface area (TPSA) is 108 Å². The van der Waals surface area contributed by atoms with E-state index in [9.17, 15) is 19.2 Å². The number of rotatable bonds is 9. The van der Waals surface area contributed by atoms with Crippen LogP contribution in [0.25, 0.3) is 6.08 Å². The van der Waals surface area contributed by atoms with Gasteiger partial charge in [0.2, 0.25) is 0 Å². The summed E-state index contributed by atoms with van der Waals surface area (Å²) in [6.45, 7) is 2.88. The zero-order valence-electron chi connectivity index (χ0n) is 17.4. The highest BCUT2D eigenvalue weighted by Crippen LogP contribution is 2.37. The molecule has 31 heavy (non-hydrogen) atoms. The van der Waals surface area contributed by atoms with Crippen LogP contribution in [0.1, 0.15) is 25.8 Å². The quantitative estimate of drug-likeness (QED) is 0.254. The summed E-state index contributed by atoms with van der Waals surface area (Å²) in [5.41, 5.74) is 0.583. The molecule has 1 aromatic carbocycles. The van der Waals surface area contributed by atoms with Crippen LogP contribution < -0.4 is 9.47 Å². The van der Waals surface area contributed by atoms with E-state index in [0.29, 0.717) is 27.1 Å². The Labute approximate surface area is 197 Å². The summed E-state index contributed by atoms with van der Waals surface area (Å²) in [6.07, 6.45) is 1.87. The van der Waals surface area contributed by atoms with Gasteiger partial charge >= 0.3 is 11.9 Å². The highest BCUT2D eigenvalue weighted by atomic mass is 127. The minimum absolute atomic E-state index is 0.169. The van der Waals surface area contributed by atoms with Crippen molar-refractivity contribution in [2.24, 2.45) is 0 Å². The largest absolute Gasteiger partial charge is 0.493 e. The molecule has 0 spiro atoms. The van der Waals surface area contributed by atoms with Crippen molar-refractivity contribution in [2.45, 2.75) is 26.4 Å². The molecule has 11 heteroatoms. The lowest BCUT2D eigenvalue weighted by molar-refractivity contribution is -0.150. The summed E-state index contributed by atoms with van der Waals surface area (Å²) in [5.74, 6) is -1.05. The molecular weight excluding hydrogens is 541 g/mol. The first kappa shape index (κ1) is 25.0. The molecule has 168 valence electrons. The number of carbonyl (C=O) groups excluding carboxylic acids is 4. The lowest BCUT2D eigenvalue weighted by Gasteiger charge is -2.15. The fourth-order valence-corrected chi connectivity index (χ4v) is 4.03. The van der Waals surface area contributed by atoms with Crippen LogP contribution in [0.2, 0.25) is 0 Å². The van der Waals surface area contributed by atoms with E-state index in [2.05, 4.69) is 4.74 Å². The predicted octanol–water partition coefficient (Wildman–Crippen LogP) is 3.23. The zero-order valence-corrected chi connectivity index (χ0v) is 20.4. The maximum absolute atomic E-state index is 12.6. The van der Waals surface area contributed by atoms with Crippen LogP contribution in [0.3, 0.4) is 0 Å². The second kappa shape index (κ2) is 11.4. The van der Waals surface area contributed by atoms with Crippen LogP contribution in [0.5, 0.6) is 11.5 Å². The molecule has 0 N–H and O–H groups in total. The molecule has 0 aromatic heterocycles. The van der Waals surface area contributed by atoms with E-state index in [1.165, 1.54) is 20.3 Å². The van der Waals surface area contributed by atoms with Crippen molar-refractivity contribution < 1.29 is 38.1 Å². The number of esters is 2. The second-order valence-electron chi connectivity index (χ2n) is 6.38. The highest BCUT2D eigenvalue weighted by Gasteiger charge is 2.37. The molecule has 0 saturated carbocycles. The average molecular weight is 563 g/mol. The van der Waals surface area contributed by atoms with Gasteiger partial charge in [-0.15, -0.1) is 0 Å². The fourth-order valence-electron chi connectivity index (χ4n) is 2.41. The minimum atomic E-state index is -0.638. The second-order valence-corrected chi connectivity index (χ2v) is 8.53. The van der Waals surface area contributed by atoms with Crippen molar-refractivity contribution in [3.05, 3.63) is 26.2 Å². The maximum atomic E-state index is 12.6. The minimum Gasteiger partial charge on any atom is -0.493 e. The Bertz CT molecular complexity index is 917. The number of carbonyl (C=O) groups is 4. The van der Waals surface area contributed by atoms with Crippen molar-refractivity contribution >= 4 is 63.5 Å². The van der Waals surface area contributed by atoms with Gasteiger partial charge in [-0.2, -0.15) is 0 Å². The van der Waals surface area contributed by atoms with E-state index in [1.54, 1.807) is 19.1 Å². The Kier molecular flexibility index (Phi) is 9.16. The molecule has 2 amide bonds. The average Bonchev–Trinajstić information content (AvgIpc) is 2.99. The number of ether oxygens (including phenoxy) is 4. The first-order valence-corrected chi connectivity index (χ1v) is 11.1. The van der Waals surface area contributed by atoms with Gasteiger partial charge in [0, 0.05) is 0 Å². The van der Waals surface area contributed by atoms with E-state index in [0.717, 1.165) is 16.7 Å². The van der Waals surface area contributed by atoms with Gasteiger partial charge in [0.1, 0.15) is 6.54 Å². The number of nitrogens with zero attached hydrogens (tertiary/aromatic N) is 1. The molecule has 1 heterocycles. The maximum Gasteiger partial charge on any atom is 0.343 e. The molecule has 1 aliphatic rings. The molecule has 0 unspecified atom stereocenters. The highest BCUT2D eigenvalue weighted by molar-refractivity contribution is 14.1. The van der Waals surface area contributed by atoms with E-state index in [-0.39, 0.29) is 17.6 Å². The molecule has 0 radical (unpaired) electrons. The van der Waals surface area contributed by atoms with Gasteiger partial charge in [-0.3, -0.25) is 19.3 Å². The Balaban J connectivity index is 2.20. The van der Waals surface area contributed by atoms with Crippen molar-refractivity contribution in [3.8, 4) is 11.5 Å². The normalized spacial score (nSPS) is 15.8. The number of thioether (sulfide) groups is 1. The van der Waals surface area contributed by atoms with Crippen molar-refractivity contribution in [2.75, 3.05) is 27.4 Å². The van der Waals surface area contributed by atoms with Gasteiger partial charge in [0.05, 0.1) is 28.8 Å². The van der Waals surface area contributed by atoms with E-state index in [4.69, 9.17) is 14.2 Å². The Morgan fingerprint density at radius 3 is 2.55 bits per heavy atom. The lowest BCUT2D eigenvalue weighted by Crippen LogP contribution is -2.35. The molecule has 0 aliphatic carbocycles. The molecule has 0 bridgehead atoms. The predicted molar refractivity (Wildman–Crippen MR) is 122 cm³/mol. The fraction of sp³-hybridized carbons (Fsp3) is 0.400. The van der Waals surface area contributed by atoms with Crippen molar-refractivity contribution in [1.82, 2.24) is 4.90 Å². The Morgan fingerprint density at radius 1 is 1.23 bits per heavy atom. The summed E-state index contributed by atoms with van der Waals surface area (Å²) in [4.78, 5) is 49.2. The Morgan fingerprint density at radius 2 is 1.94 bits per heavy atom. The summed E-state index contributed by atoms with van der Waals surface area (Å²) in [5, 5.41) is -0.544. The first-order chi connectivity index (χ1) is 14.7. The van der Waals surface area contributed by atoms with Crippen LogP contribution in [0.15, 0.2) is 17.0 Å². The summed E-state index contributed by atoms with van der Waals surface area (Å²) in [7, 11) is 2.70. The van der Waals surface area contributed by atoms with Crippen LogP contribution >= 0.6 is 34.4 Å². The molecule has 2 rings (SSSR count). The summed E-state index contributed by atoms with van der Waals surface area (Å²) >= 11 is 2.75. The Hall–Kier alpha value is -2.28. The first-order valence-electron chi connectivity index (χ1n) is 9.22. The number of hydrogen-bond acceptors (Lipinski definition) is 9. The summed E-state index contributed by atoms with van der Waals surface area (Å²) < 4.78 is 21.1. The number of benzene rings is 1. The van der Waals surface area contributed by atoms with Crippen LogP contribution in [-0.2, 0) is 23.9 Å². The van der Waals surface area contributed by atoms with Gasteiger partial charge in [-0.05, 0) is 71.5 Å². The zero-order chi connectivity index (χ0) is 23.1. The number of hydrogen-bond donors (Lipinski definition) is 0. The van der Waals surface area contributed by atoms with Gasteiger partial charge in [-0.25, -0.2) is 4.79 Å². The molecule has 1 aromatic rings. The van der Waals surface area contributed by atoms with Crippen molar-refractivity contribution in [3.63, 3.8) is 0 Å². The molecule has 1 saturated heterocycles. The molecule has 1 atom stereocenters. The third-order valence-corrected chi connectivity index (χ3v) is 5.89. The van der Waals surface area contributed by atoms with Crippen LogP contribution in [0.4, 0.5) is 4.79 Å². The SMILES string of the molecule is CC[C@H](C)OC(=O)CN1C(=O)S/C(=C\c2cc(I)c(OCC(=O)OC)c(OC)c2)C1=O. The number of methoxy groups -OCH3 is 2. The third kappa shape index (κ3) is 6.60. The molecule has 1 fully saturated rings. The van der Waals surface area contributed by atoms with Crippen molar-refractivity contribution in [1.29, 1.82) is 0 Å². The molecule has 1 aliphatic heterocycles. The number of imide groups is 1. The third-order valence-electron chi connectivity index (χ3n) is 4.18. The lowest BCUT2D eigenvalue weighted by atomic mass is 10.2. The van der Waals surface area contributed by atoms with Gasteiger partial charge in [0.15, 0.2) is 18.1 Å². The molecule has 9 nitrogen and oxygen atoms in total. The number of amides is 2.